The molecule has 0 atom stereocenters. The Morgan fingerprint density at radius 2 is 1.51 bits per heavy atom. The number of hydrogen-bond donors (Lipinski definition) is 1. The van der Waals surface area contributed by atoms with Crippen molar-refractivity contribution in [3.63, 3.8) is 0 Å². The maximum atomic E-state index is 13.3. The second kappa shape index (κ2) is 11.6. The minimum Gasteiger partial charge on any atom is -0.371 e. The van der Waals surface area contributed by atoms with Gasteiger partial charge in [-0.1, -0.05) is 24.1 Å². The van der Waals surface area contributed by atoms with Crippen LogP contribution in [-0.2, 0) is 44.5 Å². The fraction of sp³-hybridized carbons (Fsp3) is 0.516. The van der Waals surface area contributed by atoms with Gasteiger partial charge in [0, 0.05) is 30.8 Å². The van der Waals surface area contributed by atoms with Crippen LogP contribution in [0.3, 0.4) is 0 Å². The van der Waals surface area contributed by atoms with Crippen LogP contribution in [0.15, 0.2) is 34.9 Å². The summed E-state index contributed by atoms with van der Waals surface area (Å²) in [4.78, 5) is 2.43. The molecule has 1 fully saturated rings. The molecular weight excluding hydrogens is 544 g/mol. The van der Waals surface area contributed by atoms with Crippen LogP contribution in [0.4, 0.5) is 37.9 Å². The Hall–Kier alpha value is -3.17. The molecule has 222 valence electrons. The number of aromatic nitrogens is 1. The lowest BCUT2D eigenvalue weighted by atomic mass is 9.95. The van der Waals surface area contributed by atoms with Crippen molar-refractivity contribution in [2.24, 2.45) is 5.92 Å². The predicted octanol–water partition coefficient (Wildman–Crippen LogP) is 8.18. The van der Waals surface area contributed by atoms with E-state index in [2.05, 4.69) is 29.1 Å². The maximum Gasteiger partial charge on any atom is 0.416 e. The highest BCUT2D eigenvalue weighted by atomic mass is 19.4. The number of halogens is 6. The van der Waals surface area contributed by atoms with Gasteiger partial charge in [0.2, 0.25) is 5.88 Å². The van der Waals surface area contributed by atoms with Crippen molar-refractivity contribution in [2.75, 3.05) is 23.7 Å². The van der Waals surface area contributed by atoms with Gasteiger partial charge in [-0.05, 0) is 104 Å². The largest absolute Gasteiger partial charge is 0.416 e. The van der Waals surface area contributed by atoms with E-state index in [9.17, 15) is 26.3 Å². The summed E-state index contributed by atoms with van der Waals surface area (Å²) in [5.74, 6) is 0.770. The highest BCUT2D eigenvalue weighted by molar-refractivity contribution is 5.61. The molecule has 0 spiro atoms. The number of rotatable bonds is 9. The third-order valence-corrected chi connectivity index (χ3v) is 8.53. The number of nitrogens with zero attached hydrogens (tertiary/aromatic N) is 2. The van der Waals surface area contributed by atoms with Crippen LogP contribution >= 0.6 is 0 Å². The lowest BCUT2D eigenvalue weighted by molar-refractivity contribution is -0.143. The standard InChI is InChI=1S/C31H35F6N3O/c1-2-40(18-19-6-3-4-7-19)28-16-22-9-5-8-21(22)14-23(28)15-26-27(39-41-29(26)38)11-10-20-12-24(30(32,33)34)17-25(13-20)31(35,36)37/h12-14,16-17,19H,2-11,15,18,38H2,1H3. The number of aryl methyl sites for hydroxylation is 4. The molecule has 0 amide bonds. The number of hydrogen-bond acceptors (Lipinski definition) is 4. The van der Waals surface area contributed by atoms with Crippen LogP contribution in [0.5, 0.6) is 0 Å². The normalized spacial score (nSPS) is 16.0. The predicted molar refractivity (Wildman–Crippen MR) is 146 cm³/mol. The zero-order valence-corrected chi connectivity index (χ0v) is 23.1. The van der Waals surface area contributed by atoms with Crippen molar-refractivity contribution < 1.29 is 30.9 Å². The monoisotopic (exact) mass is 579 g/mol. The fourth-order valence-electron chi connectivity index (χ4n) is 6.36. The van der Waals surface area contributed by atoms with E-state index < -0.39 is 23.5 Å². The first-order chi connectivity index (χ1) is 19.4. The first kappa shape index (κ1) is 29.3. The molecular formula is C31H35F6N3O. The Morgan fingerprint density at radius 3 is 2.12 bits per heavy atom. The SMILES string of the molecule is CCN(CC1CCCC1)c1cc2c(cc1Cc1c(CCc3cc(C(F)(F)F)cc(C(F)(F)F)c3)noc1N)CCC2. The van der Waals surface area contributed by atoms with Crippen molar-refractivity contribution in [3.8, 4) is 0 Å². The van der Waals surface area contributed by atoms with E-state index in [1.54, 1.807) is 0 Å². The molecule has 1 aromatic heterocycles. The highest BCUT2D eigenvalue weighted by Crippen LogP contribution is 2.38. The van der Waals surface area contributed by atoms with Gasteiger partial charge in [-0.15, -0.1) is 0 Å². The minimum atomic E-state index is -4.90. The maximum absolute atomic E-state index is 13.3. The number of alkyl halides is 6. The van der Waals surface area contributed by atoms with Crippen molar-refractivity contribution in [1.29, 1.82) is 0 Å². The summed E-state index contributed by atoms with van der Waals surface area (Å²) >= 11 is 0. The van der Waals surface area contributed by atoms with Crippen molar-refractivity contribution >= 4 is 11.6 Å². The smallest absolute Gasteiger partial charge is 0.371 e. The third-order valence-electron chi connectivity index (χ3n) is 8.53. The van der Waals surface area contributed by atoms with Gasteiger partial charge in [0.15, 0.2) is 0 Å². The zero-order chi connectivity index (χ0) is 29.4. The van der Waals surface area contributed by atoms with Gasteiger partial charge in [-0.2, -0.15) is 26.3 Å². The minimum absolute atomic E-state index is 0.0772. The van der Waals surface area contributed by atoms with E-state index in [0.29, 0.717) is 23.6 Å². The van der Waals surface area contributed by atoms with Gasteiger partial charge in [-0.3, -0.25) is 0 Å². The van der Waals surface area contributed by atoms with Crippen molar-refractivity contribution in [2.45, 2.75) is 83.5 Å². The molecule has 10 heteroatoms. The lowest BCUT2D eigenvalue weighted by Gasteiger charge is -2.29. The molecule has 1 saturated carbocycles. The summed E-state index contributed by atoms with van der Waals surface area (Å²) < 4.78 is 85.4. The number of benzene rings is 2. The number of anilines is 2. The van der Waals surface area contributed by atoms with E-state index in [1.807, 2.05) is 0 Å². The quantitative estimate of drug-likeness (QED) is 0.260. The summed E-state index contributed by atoms with van der Waals surface area (Å²) in [6, 6.07) is 6.19. The summed E-state index contributed by atoms with van der Waals surface area (Å²) in [5, 5.41) is 4.06. The van der Waals surface area contributed by atoms with Crippen LogP contribution in [-0.4, -0.2) is 18.2 Å². The Bertz CT molecular complexity index is 1340. The molecule has 0 saturated heterocycles. The third kappa shape index (κ3) is 6.67. The van der Waals surface area contributed by atoms with E-state index >= 15 is 0 Å². The first-order valence-electron chi connectivity index (χ1n) is 14.3. The molecule has 1 heterocycles. The van der Waals surface area contributed by atoms with Gasteiger partial charge in [-0.25, -0.2) is 0 Å². The average molecular weight is 580 g/mol. The van der Waals surface area contributed by atoms with Gasteiger partial charge in [0.05, 0.1) is 16.8 Å². The molecule has 41 heavy (non-hydrogen) atoms. The molecule has 0 aliphatic heterocycles. The molecule has 0 bridgehead atoms. The molecule has 4 nitrogen and oxygen atoms in total. The zero-order valence-electron chi connectivity index (χ0n) is 23.1. The Morgan fingerprint density at radius 1 is 0.878 bits per heavy atom. The molecule has 5 rings (SSSR count). The molecule has 3 aromatic rings. The molecule has 2 N–H and O–H groups in total. The van der Waals surface area contributed by atoms with Gasteiger partial charge in [0.1, 0.15) is 0 Å². The summed E-state index contributed by atoms with van der Waals surface area (Å²) in [6.45, 7) is 3.98. The Labute approximate surface area is 235 Å². The van der Waals surface area contributed by atoms with Crippen molar-refractivity contribution in [3.05, 3.63) is 75.0 Å². The Kier molecular flexibility index (Phi) is 8.30. The molecule has 2 aromatic carbocycles. The molecule has 0 radical (unpaired) electrons. The van der Waals surface area contributed by atoms with Gasteiger partial charge in [0.25, 0.3) is 0 Å². The number of fused-ring (bicyclic) bond motifs is 1. The number of nitrogens with two attached hydrogens (primary N) is 1. The van der Waals surface area contributed by atoms with E-state index in [-0.39, 0.29) is 30.4 Å². The second-order valence-electron chi connectivity index (χ2n) is 11.4. The molecule has 2 aliphatic rings. The fourth-order valence-corrected chi connectivity index (χ4v) is 6.36. The van der Waals surface area contributed by atoms with Crippen LogP contribution in [0.25, 0.3) is 0 Å². The Balaban J connectivity index is 1.42. The average Bonchev–Trinajstić information content (AvgIpc) is 3.67. The van der Waals surface area contributed by atoms with Crippen LogP contribution < -0.4 is 10.6 Å². The van der Waals surface area contributed by atoms with Crippen LogP contribution in [0, 0.1) is 5.92 Å². The van der Waals surface area contributed by atoms with Gasteiger partial charge >= 0.3 is 12.4 Å². The molecule has 2 aliphatic carbocycles. The first-order valence-corrected chi connectivity index (χ1v) is 14.3. The summed E-state index contributed by atoms with van der Waals surface area (Å²) in [7, 11) is 0. The van der Waals surface area contributed by atoms with E-state index in [4.69, 9.17) is 10.3 Å². The van der Waals surface area contributed by atoms with Crippen LogP contribution in [0.1, 0.15) is 83.7 Å². The van der Waals surface area contributed by atoms with Crippen LogP contribution in [0.2, 0.25) is 0 Å². The number of nitrogen functional groups attached to an aromatic ring is 1. The molecule has 0 unspecified atom stereocenters. The van der Waals surface area contributed by atoms with E-state index in [1.165, 1.54) is 36.8 Å². The van der Waals surface area contributed by atoms with Crippen molar-refractivity contribution in [1.82, 2.24) is 5.16 Å². The summed E-state index contributed by atoms with van der Waals surface area (Å²) in [6.07, 6.45) is -1.24. The highest BCUT2D eigenvalue weighted by Gasteiger charge is 2.37. The lowest BCUT2D eigenvalue weighted by Crippen LogP contribution is -2.29. The topological polar surface area (TPSA) is 55.3 Å². The summed E-state index contributed by atoms with van der Waals surface area (Å²) in [5.41, 5.74) is 9.43. The van der Waals surface area contributed by atoms with Gasteiger partial charge < -0.3 is 15.2 Å². The second-order valence-corrected chi connectivity index (χ2v) is 11.4. The van der Waals surface area contributed by atoms with E-state index in [0.717, 1.165) is 55.7 Å².